The van der Waals surface area contributed by atoms with Crippen molar-refractivity contribution in [2.24, 2.45) is 10.8 Å². The van der Waals surface area contributed by atoms with Gasteiger partial charge in [0.2, 0.25) is 0 Å². The molecule has 0 saturated heterocycles. The maximum atomic E-state index is 11.2. The number of aryl methyl sites for hydroxylation is 2. The molecule has 3 N–H and O–H groups in total. The van der Waals surface area contributed by atoms with E-state index in [9.17, 15) is 19.8 Å². The van der Waals surface area contributed by atoms with Crippen LogP contribution in [0.2, 0.25) is 0 Å². The molecule has 1 rings (SSSR count). The third-order valence-corrected chi connectivity index (χ3v) is 5.82. The zero-order valence-electron chi connectivity index (χ0n) is 18.5. The van der Waals surface area contributed by atoms with Crippen molar-refractivity contribution in [3.8, 4) is 5.75 Å². The van der Waals surface area contributed by atoms with Crippen molar-refractivity contribution in [2.75, 3.05) is 0 Å². The number of carbonyl (C=O) groups is 2. The predicted molar refractivity (Wildman–Crippen MR) is 115 cm³/mol. The Bertz CT molecular complexity index is 676. The molecule has 0 radical (unpaired) electrons. The van der Waals surface area contributed by atoms with E-state index in [0.29, 0.717) is 18.6 Å². The third-order valence-electron chi connectivity index (χ3n) is 5.82. The fourth-order valence-electron chi connectivity index (χ4n) is 3.34. The lowest BCUT2D eigenvalue weighted by Crippen LogP contribution is -2.23. The van der Waals surface area contributed by atoms with Gasteiger partial charge in [-0.15, -0.1) is 0 Å². The number of carboxylic acids is 2. The molecule has 0 aliphatic rings. The topological polar surface area (TPSA) is 94.8 Å². The summed E-state index contributed by atoms with van der Waals surface area (Å²) in [6, 6.07) is 5.75. The van der Waals surface area contributed by atoms with Crippen molar-refractivity contribution < 1.29 is 24.9 Å². The number of carboxylic acid groups (broad SMARTS) is 2. The molecule has 5 nitrogen and oxygen atoms in total. The predicted octanol–water partition coefficient (Wildman–Crippen LogP) is 5.82. The molecule has 0 fully saturated rings. The zero-order chi connectivity index (χ0) is 22.1. The smallest absolute Gasteiger partial charge is 0.309 e. The van der Waals surface area contributed by atoms with Crippen LogP contribution < -0.4 is 0 Å². The summed E-state index contributed by atoms with van der Waals surface area (Å²) in [7, 11) is 0. The van der Waals surface area contributed by atoms with Crippen LogP contribution in [0.3, 0.4) is 0 Å². The summed E-state index contributed by atoms with van der Waals surface area (Å²) in [6.45, 7) is 7.05. The number of aliphatic carboxylic acids is 2. The van der Waals surface area contributed by atoms with Gasteiger partial charge in [-0.25, -0.2) is 0 Å². The van der Waals surface area contributed by atoms with E-state index >= 15 is 0 Å². The molecule has 0 aliphatic heterocycles. The minimum Gasteiger partial charge on any atom is -0.508 e. The largest absolute Gasteiger partial charge is 0.508 e. The van der Waals surface area contributed by atoms with Crippen LogP contribution >= 0.6 is 0 Å². The first kappa shape index (κ1) is 25.0. The molecule has 29 heavy (non-hydrogen) atoms. The Morgan fingerprint density at radius 3 is 1.79 bits per heavy atom. The molecule has 0 aliphatic carbocycles. The van der Waals surface area contributed by atoms with Crippen molar-refractivity contribution in [1.82, 2.24) is 0 Å². The van der Waals surface area contributed by atoms with Gasteiger partial charge in [0.05, 0.1) is 10.8 Å². The van der Waals surface area contributed by atoms with Gasteiger partial charge in [0.1, 0.15) is 5.75 Å². The monoisotopic (exact) mass is 406 g/mol. The minimum absolute atomic E-state index is 0.327. The number of benzene rings is 1. The molecule has 0 saturated carbocycles. The van der Waals surface area contributed by atoms with Crippen LogP contribution in [0.4, 0.5) is 0 Å². The number of rotatable bonds is 14. The van der Waals surface area contributed by atoms with Crippen molar-refractivity contribution in [3.63, 3.8) is 0 Å². The number of aromatic hydroxyl groups is 1. The van der Waals surface area contributed by atoms with Gasteiger partial charge < -0.3 is 15.3 Å². The number of hydrogen-bond acceptors (Lipinski definition) is 3. The Kier molecular flexibility index (Phi) is 9.67. The lowest BCUT2D eigenvalue weighted by Gasteiger charge is -2.18. The van der Waals surface area contributed by atoms with Gasteiger partial charge in [-0.1, -0.05) is 37.8 Å². The Labute approximate surface area is 175 Å². The van der Waals surface area contributed by atoms with Crippen molar-refractivity contribution in [1.29, 1.82) is 0 Å². The molecule has 1 aromatic carbocycles. The van der Waals surface area contributed by atoms with Gasteiger partial charge in [-0.3, -0.25) is 9.59 Å². The van der Waals surface area contributed by atoms with Gasteiger partial charge in [0, 0.05) is 0 Å². The van der Waals surface area contributed by atoms with Crippen LogP contribution in [0, 0.1) is 10.8 Å². The van der Waals surface area contributed by atoms with E-state index in [1.165, 1.54) is 5.56 Å². The van der Waals surface area contributed by atoms with E-state index in [1.807, 2.05) is 6.07 Å². The molecule has 164 valence electrons. The summed E-state index contributed by atoms with van der Waals surface area (Å²) in [5.41, 5.74) is 0.792. The number of unbranched alkanes of at least 4 members (excludes halogenated alkanes) is 4. The van der Waals surface area contributed by atoms with E-state index in [4.69, 9.17) is 5.11 Å². The molecular weight excluding hydrogens is 368 g/mol. The SMILES string of the molecule is CC(C)(CCCCCCc1cc(CCCCC(C)(C)C(=O)O)ccc1O)C(=O)O. The molecule has 0 atom stereocenters. The first-order valence-electron chi connectivity index (χ1n) is 10.7. The lowest BCUT2D eigenvalue weighted by atomic mass is 9.86. The highest BCUT2D eigenvalue weighted by molar-refractivity contribution is 5.73. The van der Waals surface area contributed by atoms with E-state index < -0.39 is 22.8 Å². The third kappa shape index (κ3) is 8.88. The number of hydrogen-bond donors (Lipinski definition) is 3. The summed E-state index contributed by atoms with van der Waals surface area (Å²) in [6.07, 6.45) is 8.72. The van der Waals surface area contributed by atoms with Crippen molar-refractivity contribution in [2.45, 2.75) is 91.9 Å². The van der Waals surface area contributed by atoms with Gasteiger partial charge >= 0.3 is 11.9 Å². The first-order valence-corrected chi connectivity index (χ1v) is 10.7. The molecule has 5 heteroatoms. The summed E-state index contributed by atoms with van der Waals surface area (Å²) in [5, 5.41) is 28.4. The molecule has 0 unspecified atom stereocenters. The van der Waals surface area contributed by atoms with Crippen LogP contribution in [0.1, 0.15) is 90.2 Å². The molecule has 0 heterocycles. The Morgan fingerprint density at radius 1 is 0.759 bits per heavy atom. The van der Waals surface area contributed by atoms with Crippen molar-refractivity contribution >= 4 is 11.9 Å². The second kappa shape index (κ2) is 11.2. The lowest BCUT2D eigenvalue weighted by molar-refractivity contribution is -0.148. The second-order valence-electron chi connectivity index (χ2n) is 9.46. The van der Waals surface area contributed by atoms with Gasteiger partial charge in [0.25, 0.3) is 0 Å². The van der Waals surface area contributed by atoms with Crippen LogP contribution in [-0.2, 0) is 22.4 Å². The Balaban J connectivity index is 2.37. The zero-order valence-corrected chi connectivity index (χ0v) is 18.5. The molecule has 0 aromatic heterocycles. The fourth-order valence-corrected chi connectivity index (χ4v) is 3.34. The second-order valence-corrected chi connectivity index (χ2v) is 9.46. The summed E-state index contributed by atoms with van der Waals surface area (Å²) >= 11 is 0. The average molecular weight is 407 g/mol. The van der Waals surface area contributed by atoms with E-state index in [2.05, 4.69) is 6.07 Å². The molecular formula is C24H38O5. The fraction of sp³-hybridized carbons (Fsp3) is 0.667. The van der Waals surface area contributed by atoms with Crippen LogP contribution in [0.15, 0.2) is 18.2 Å². The quantitative estimate of drug-likeness (QED) is 0.338. The summed E-state index contributed by atoms with van der Waals surface area (Å²) in [5.74, 6) is -1.17. The molecule has 1 aromatic rings. The van der Waals surface area contributed by atoms with Crippen LogP contribution in [-0.4, -0.2) is 27.3 Å². The minimum atomic E-state index is -0.754. The Hall–Kier alpha value is -2.04. The first-order chi connectivity index (χ1) is 13.5. The standard InChI is InChI=1S/C24H38O5/c1-23(2,21(26)27)15-9-6-5-7-12-19-17-18(13-14-20(19)25)11-8-10-16-24(3,4)22(28)29/h13-14,17,25H,5-12,15-16H2,1-4H3,(H,26,27)(H,28,29). The average Bonchev–Trinajstić information content (AvgIpc) is 2.63. The number of phenols is 1. The molecule has 0 amide bonds. The highest BCUT2D eigenvalue weighted by atomic mass is 16.4. The molecule has 0 bridgehead atoms. The van der Waals surface area contributed by atoms with Gasteiger partial charge in [-0.2, -0.15) is 0 Å². The Morgan fingerprint density at radius 2 is 1.24 bits per heavy atom. The highest BCUT2D eigenvalue weighted by Gasteiger charge is 2.26. The maximum absolute atomic E-state index is 11.2. The summed E-state index contributed by atoms with van der Waals surface area (Å²) < 4.78 is 0. The summed E-state index contributed by atoms with van der Waals surface area (Å²) in [4.78, 5) is 22.3. The van der Waals surface area contributed by atoms with E-state index in [1.54, 1.807) is 33.8 Å². The van der Waals surface area contributed by atoms with Crippen molar-refractivity contribution in [3.05, 3.63) is 29.3 Å². The number of phenolic OH excluding ortho intramolecular Hbond substituents is 1. The highest BCUT2D eigenvalue weighted by Crippen LogP contribution is 2.27. The normalized spacial score (nSPS) is 12.1. The van der Waals surface area contributed by atoms with Gasteiger partial charge in [-0.05, 0) is 83.4 Å². The molecule has 0 spiro atoms. The van der Waals surface area contributed by atoms with E-state index in [0.717, 1.165) is 56.9 Å². The van der Waals surface area contributed by atoms with E-state index in [-0.39, 0.29) is 0 Å². The maximum Gasteiger partial charge on any atom is 0.309 e. The van der Waals surface area contributed by atoms with Crippen LogP contribution in [0.25, 0.3) is 0 Å². The van der Waals surface area contributed by atoms with Crippen LogP contribution in [0.5, 0.6) is 5.75 Å². The van der Waals surface area contributed by atoms with Gasteiger partial charge in [0.15, 0.2) is 0 Å².